The van der Waals surface area contributed by atoms with E-state index in [9.17, 15) is 0 Å². The van der Waals surface area contributed by atoms with Crippen molar-refractivity contribution in [3.63, 3.8) is 0 Å². The molecule has 0 spiro atoms. The van der Waals surface area contributed by atoms with Gasteiger partial charge >= 0.3 is 0 Å². The summed E-state index contributed by atoms with van der Waals surface area (Å²) in [6, 6.07) is 41.8. The minimum Gasteiger partial charge on any atom is -0.457 e. The molecule has 0 radical (unpaired) electrons. The summed E-state index contributed by atoms with van der Waals surface area (Å²) in [6.45, 7) is 5.65. The Morgan fingerprint density at radius 2 is 1.15 bits per heavy atom. The highest BCUT2D eigenvalue weighted by atomic mass is 16.5. The van der Waals surface area contributed by atoms with Gasteiger partial charge in [-0.05, 0) is 55.3 Å². The van der Waals surface area contributed by atoms with Crippen LogP contribution in [0.3, 0.4) is 0 Å². The molecule has 2 heterocycles. The van der Waals surface area contributed by atoms with E-state index in [1.54, 1.807) is 0 Å². The number of rotatable bonds is 7. The molecule has 0 atom stereocenters. The number of aryl methyl sites for hydroxylation is 2. The Morgan fingerprint density at radius 1 is 0.561 bits per heavy atom. The van der Waals surface area contributed by atoms with Crippen LogP contribution in [0.2, 0.25) is 0 Å². The molecular formula is C36H30N4O. The first-order valence-electron chi connectivity index (χ1n) is 13.9. The van der Waals surface area contributed by atoms with Gasteiger partial charge in [0.15, 0.2) is 0 Å². The third-order valence-corrected chi connectivity index (χ3v) is 7.51. The van der Waals surface area contributed by atoms with Crippen LogP contribution in [0.25, 0.3) is 33.5 Å². The van der Waals surface area contributed by atoms with Gasteiger partial charge < -0.3 is 13.9 Å². The van der Waals surface area contributed by atoms with E-state index in [0.717, 1.165) is 57.3 Å². The van der Waals surface area contributed by atoms with Crippen molar-refractivity contribution in [3.05, 3.63) is 144 Å². The number of nitrogens with zero attached hydrogens (tertiary/aromatic N) is 4. The number of hydrogen-bond donors (Lipinski definition) is 0. The Morgan fingerprint density at radius 3 is 1.78 bits per heavy atom. The van der Waals surface area contributed by atoms with E-state index >= 15 is 0 Å². The fourth-order valence-corrected chi connectivity index (χ4v) is 5.48. The largest absolute Gasteiger partial charge is 0.457 e. The Balaban J connectivity index is 1.27. The number of fused-ring (bicyclic) bond motifs is 2. The third-order valence-electron chi connectivity index (χ3n) is 7.51. The molecule has 5 heteroatoms. The van der Waals surface area contributed by atoms with Gasteiger partial charge in [0.25, 0.3) is 0 Å². The molecule has 0 aliphatic heterocycles. The summed E-state index contributed by atoms with van der Waals surface area (Å²) in [6.07, 6.45) is 0. The molecule has 5 aromatic carbocycles. The number of aromatic nitrogens is 4. The molecule has 0 aliphatic carbocycles. The van der Waals surface area contributed by atoms with Gasteiger partial charge in [-0.1, -0.05) is 84.4 Å². The molecule has 0 unspecified atom stereocenters. The van der Waals surface area contributed by atoms with Gasteiger partial charge in [0, 0.05) is 30.8 Å². The van der Waals surface area contributed by atoms with Gasteiger partial charge in [0.05, 0.1) is 22.1 Å². The Hall–Kier alpha value is -5.16. The molecule has 7 rings (SSSR count). The lowest BCUT2D eigenvalue weighted by Crippen LogP contribution is -2.02. The molecule has 200 valence electrons. The first-order chi connectivity index (χ1) is 20.1. The van der Waals surface area contributed by atoms with E-state index < -0.39 is 0 Å². The van der Waals surface area contributed by atoms with Gasteiger partial charge in [-0.25, -0.2) is 9.97 Å². The van der Waals surface area contributed by atoms with Crippen LogP contribution in [0, 0.1) is 13.8 Å². The summed E-state index contributed by atoms with van der Waals surface area (Å²) in [4.78, 5) is 9.84. The average molecular weight is 535 g/mol. The van der Waals surface area contributed by atoms with Crippen molar-refractivity contribution < 1.29 is 4.74 Å². The zero-order valence-corrected chi connectivity index (χ0v) is 23.2. The lowest BCUT2D eigenvalue weighted by Gasteiger charge is -2.12. The van der Waals surface area contributed by atoms with Crippen LogP contribution in [-0.4, -0.2) is 19.1 Å². The number of imidazole rings is 2. The van der Waals surface area contributed by atoms with Crippen LogP contribution in [-0.2, 0) is 13.1 Å². The molecule has 0 saturated heterocycles. The Labute approximate surface area is 239 Å². The van der Waals surface area contributed by atoms with Crippen molar-refractivity contribution in [3.8, 4) is 22.9 Å². The molecule has 0 fully saturated rings. The molecule has 0 bridgehead atoms. The summed E-state index contributed by atoms with van der Waals surface area (Å²) in [5.41, 5.74) is 8.77. The highest BCUT2D eigenvalue weighted by Crippen LogP contribution is 2.32. The van der Waals surface area contributed by atoms with Crippen LogP contribution in [0.15, 0.2) is 121 Å². The molecule has 0 aliphatic rings. The van der Waals surface area contributed by atoms with Gasteiger partial charge in [-0.3, -0.25) is 0 Å². The fraction of sp³-hybridized carbons (Fsp3) is 0.111. The maximum Gasteiger partial charge on any atom is 0.141 e. The summed E-state index contributed by atoms with van der Waals surface area (Å²) < 4.78 is 11.0. The average Bonchev–Trinajstić information content (AvgIpc) is 3.50. The minimum atomic E-state index is 0.716. The highest BCUT2D eigenvalue weighted by Gasteiger charge is 2.15. The zero-order valence-electron chi connectivity index (χ0n) is 23.2. The predicted octanol–water partition coefficient (Wildman–Crippen LogP) is 8.56. The summed E-state index contributed by atoms with van der Waals surface area (Å²) in [5.74, 6) is 3.48. The van der Waals surface area contributed by atoms with Gasteiger partial charge in [-0.2, -0.15) is 0 Å². The molecule has 0 amide bonds. The third kappa shape index (κ3) is 4.98. The smallest absolute Gasteiger partial charge is 0.141 e. The molecule has 0 N–H and O–H groups in total. The Kier molecular flexibility index (Phi) is 6.32. The van der Waals surface area contributed by atoms with Crippen molar-refractivity contribution in [1.29, 1.82) is 0 Å². The normalized spacial score (nSPS) is 11.4. The monoisotopic (exact) mass is 534 g/mol. The lowest BCUT2D eigenvalue weighted by molar-refractivity contribution is 0.483. The second kappa shape index (κ2) is 10.4. The topological polar surface area (TPSA) is 44.9 Å². The summed E-state index contributed by atoms with van der Waals surface area (Å²) in [5, 5.41) is 0. The van der Waals surface area contributed by atoms with E-state index in [-0.39, 0.29) is 0 Å². The summed E-state index contributed by atoms with van der Waals surface area (Å²) in [7, 11) is 0. The van der Waals surface area contributed by atoms with E-state index in [1.807, 2.05) is 36.4 Å². The first-order valence-corrected chi connectivity index (χ1v) is 13.9. The van der Waals surface area contributed by atoms with Crippen molar-refractivity contribution in [1.82, 2.24) is 19.1 Å². The highest BCUT2D eigenvalue weighted by molar-refractivity contribution is 5.83. The van der Waals surface area contributed by atoms with Gasteiger partial charge in [-0.15, -0.1) is 0 Å². The first kappa shape index (κ1) is 24.9. The molecule has 0 saturated carbocycles. The van der Waals surface area contributed by atoms with Crippen molar-refractivity contribution >= 4 is 22.1 Å². The van der Waals surface area contributed by atoms with E-state index in [0.29, 0.717) is 6.54 Å². The van der Waals surface area contributed by atoms with E-state index in [1.165, 1.54) is 16.7 Å². The number of ether oxygens (including phenoxy) is 1. The van der Waals surface area contributed by atoms with Crippen LogP contribution in [0.5, 0.6) is 11.5 Å². The van der Waals surface area contributed by atoms with E-state index in [4.69, 9.17) is 14.7 Å². The SMILES string of the molecule is Cc1cccc(-c2nc3ccc(Oc4ccc5nc(C)n(Cc6ccccc6)c5c4)cc3n2Cc2ccccc2)c1. The predicted molar refractivity (Wildman–Crippen MR) is 166 cm³/mol. The number of hydrogen-bond acceptors (Lipinski definition) is 3. The van der Waals surface area contributed by atoms with Gasteiger partial charge in [0.2, 0.25) is 0 Å². The van der Waals surface area contributed by atoms with Crippen molar-refractivity contribution in [2.24, 2.45) is 0 Å². The van der Waals surface area contributed by atoms with Crippen LogP contribution < -0.4 is 4.74 Å². The van der Waals surface area contributed by atoms with Crippen molar-refractivity contribution in [2.45, 2.75) is 26.9 Å². The molecule has 2 aromatic heterocycles. The van der Waals surface area contributed by atoms with Crippen LogP contribution in [0.1, 0.15) is 22.5 Å². The maximum absolute atomic E-state index is 6.47. The lowest BCUT2D eigenvalue weighted by atomic mass is 10.1. The van der Waals surface area contributed by atoms with Crippen LogP contribution in [0.4, 0.5) is 0 Å². The minimum absolute atomic E-state index is 0.716. The molecule has 5 nitrogen and oxygen atoms in total. The second-order valence-corrected chi connectivity index (χ2v) is 10.5. The summed E-state index contributed by atoms with van der Waals surface area (Å²) >= 11 is 0. The molecular weight excluding hydrogens is 504 g/mol. The number of benzene rings is 5. The van der Waals surface area contributed by atoms with Crippen molar-refractivity contribution in [2.75, 3.05) is 0 Å². The molecule has 41 heavy (non-hydrogen) atoms. The van der Waals surface area contributed by atoms with E-state index in [2.05, 4.69) is 108 Å². The standard InChI is InChI=1S/C36H30N4O/c1-25-10-9-15-29(20-25)36-38-33-19-17-31(22-35(33)40(36)24-28-13-7-4-8-14-28)41-30-16-18-32-34(21-30)39(26(2)37-32)23-27-11-5-3-6-12-27/h3-22H,23-24H2,1-2H3. The zero-order chi connectivity index (χ0) is 27.8. The maximum atomic E-state index is 6.47. The van der Waals surface area contributed by atoms with Crippen LogP contribution >= 0.6 is 0 Å². The Bertz CT molecular complexity index is 1990. The van der Waals surface area contributed by atoms with Gasteiger partial charge in [0.1, 0.15) is 23.1 Å². The second-order valence-electron chi connectivity index (χ2n) is 10.5. The quantitative estimate of drug-likeness (QED) is 0.206. The fourth-order valence-electron chi connectivity index (χ4n) is 5.48. The molecule has 7 aromatic rings.